The number of hydroxylamine groups is 3. The molecule has 0 fully saturated rings. The molecule has 0 aliphatic carbocycles. The number of para-hydroxylation sites is 1. The highest BCUT2D eigenvalue weighted by Crippen LogP contribution is 2.29. The zero-order valence-electron chi connectivity index (χ0n) is 8.20. The van der Waals surface area contributed by atoms with Crippen molar-refractivity contribution in [3.8, 4) is 5.75 Å². The largest absolute Gasteiger partial charge is 0.592 e. The van der Waals surface area contributed by atoms with E-state index >= 15 is 0 Å². The minimum absolute atomic E-state index is 0.274. The predicted octanol–water partition coefficient (Wildman–Crippen LogP) is 2.05. The highest BCUT2D eigenvalue weighted by Gasteiger charge is 2.28. The first kappa shape index (κ1) is 9.08. The van der Waals surface area contributed by atoms with E-state index in [0.29, 0.717) is 5.75 Å². The zero-order chi connectivity index (χ0) is 11.0. The second-order valence-corrected chi connectivity index (χ2v) is 3.40. The van der Waals surface area contributed by atoms with E-state index in [1.54, 1.807) is 6.08 Å². The molecule has 0 aromatic heterocycles. The maximum Gasteiger partial charge on any atom is 0.268 e. The van der Waals surface area contributed by atoms with Crippen molar-refractivity contribution in [1.29, 1.82) is 0 Å². The van der Waals surface area contributed by atoms with Crippen LogP contribution in [0.5, 0.6) is 5.75 Å². The molecule has 1 atom stereocenters. The van der Waals surface area contributed by atoms with Gasteiger partial charge in [-0.2, -0.15) is 5.48 Å². The number of rotatable bonds is 1. The number of benzene rings is 1. The molecule has 2 heterocycles. The summed E-state index contributed by atoms with van der Waals surface area (Å²) in [6, 6.07) is 7.40. The van der Waals surface area contributed by atoms with Gasteiger partial charge in [-0.15, -0.1) is 9.87 Å². The topological polar surface area (TPSA) is 69.0 Å². The lowest BCUT2D eigenvalue weighted by molar-refractivity contribution is -0.801. The van der Waals surface area contributed by atoms with Crippen LogP contribution in [-0.2, 0) is 0 Å². The van der Waals surface area contributed by atoms with Crippen molar-refractivity contribution in [3.63, 3.8) is 0 Å². The van der Waals surface area contributed by atoms with Crippen LogP contribution in [0.4, 0.5) is 0 Å². The van der Waals surface area contributed by atoms with Crippen LogP contribution < -0.4 is 10.3 Å². The van der Waals surface area contributed by atoms with Crippen molar-refractivity contribution in [2.45, 2.75) is 0 Å². The molecule has 6 nitrogen and oxygen atoms in total. The van der Waals surface area contributed by atoms with Crippen LogP contribution in [0.2, 0.25) is 0 Å². The van der Waals surface area contributed by atoms with Gasteiger partial charge in [-0.1, -0.05) is 18.2 Å². The molecule has 0 bridgehead atoms. The van der Waals surface area contributed by atoms with Crippen molar-refractivity contribution in [1.82, 2.24) is 5.48 Å². The number of hydrogen-bond donors (Lipinski definition) is 1. The van der Waals surface area contributed by atoms with Gasteiger partial charge in [0.05, 0.1) is 0 Å². The van der Waals surface area contributed by atoms with Crippen molar-refractivity contribution < 1.29 is 9.59 Å². The molecule has 1 aromatic rings. The van der Waals surface area contributed by atoms with Crippen LogP contribution >= 0.6 is 0 Å². The molecule has 3 rings (SSSR count). The molecule has 1 unspecified atom stereocenters. The van der Waals surface area contributed by atoms with Crippen LogP contribution in [0.25, 0.3) is 6.08 Å². The van der Waals surface area contributed by atoms with Crippen LogP contribution in [0, 0.1) is 5.21 Å². The first-order valence-corrected chi connectivity index (χ1v) is 4.72. The number of fused-ring (bicyclic) bond motifs is 1. The van der Waals surface area contributed by atoms with E-state index in [9.17, 15) is 5.21 Å². The molecular formula is C10H8N4O2. The average Bonchev–Trinajstić information content (AvgIpc) is 2.77. The zero-order valence-corrected chi connectivity index (χ0v) is 8.20. The maximum atomic E-state index is 12.0. The van der Waals surface area contributed by atoms with Crippen molar-refractivity contribution >= 4 is 6.08 Å². The van der Waals surface area contributed by atoms with Gasteiger partial charge in [-0.25, -0.2) is 0 Å². The number of quaternary nitrogens is 1. The van der Waals surface area contributed by atoms with Crippen LogP contribution in [-0.4, -0.2) is 4.76 Å². The molecule has 2 aliphatic rings. The van der Waals surface area contributed by atoms with Crippen molar-refractivity contribution in [3.05, 3.63) is 53.3 Å². The first-order valence-electron chi connectivity index (χ1n) is 4.72. The van der Waals surface area contributed by atoms with Crippen molar-refractivity contribution in [2.75, 3.05) is 0 Å². The van der Waals surface area contributed by atoms with Gasteiger partial charge in [0.2, 0.25) is 0 Å². The average molecular weight is 216 g/mol. The van der Waals surface area contributed by atoms with E-state index in [4.69, 9.17) is 4.84 Å². The van der Waals surface area contributed by atoms with E-state index < -0.39 is 4.76 Å². The highest BCUT2D eigenvalue weighted by atomic mass is 16.7. The Kier molecular flexibility index (Phi) is 1.79. The molecule has 1 N–H and O–H groups in total. The Morgan fingerprint density at radius 3 is 3.00 bits per heavy atom. The molecule has 6 heteroatoms. The molecular weight excluding hydrogens is 208 g/mol. The third-order valence-electron chi connectivity index (χ3n) is 2.34. The van der Waals surface area contributed by atoms with Crippen LogP contribution in [0.3, 0.4) is 0 Å². The van der Waals surface area contributed by atoms with Crippen LogP contribution in [0.1, 0.15) is 5.56 Å². The quantitative estimate of drug-likeness (QED) is 0.577. The summed E-state index contributed by atoms with van der Waals surface area (Å²) in [6.45, 7) is 0. The molecule has 1 aromatic carbocycles. The third-order valence-corrected chi connectivity index (χ3v) is 2.34. The second kappa shape index (κ2) is 3.16. The van der Waals surface area contributed by atoms with Crippen molar-refractivity contribution in [2.24, 2.45) is 10.3 Å². The summed E-state index contributed by atoms with van der Waals surface area (Å²) in [4.78, 5) is 5.24. The Labute approximate surface area is 91.3 Å². The van der Waals surface area contributed by atoms with Gasteiger partial charge < -0.3 is 10.0 Å². The minimum atomic E-state index is -1.01. The smallest absolute Gasteiger partial charge is 0.268 e. The third kappa shape index (κ3) is 1.28. The van der Waals surface area contributed by atoms with Crippen LogP contribution in [0.15, 0.2) is 52.8 Å². The monoisotopic (exact) mass is 216 g/mol. The van der Waals surface area contributed by atoms with E-state index in [2.05, 4.69) is 15.8 Å². The lowest BCUT2D eigenvalue weighted by Crippen LogP contribution is -2.38. The Bertz CT molecular complexity index is 509. The molecule has 16 heavy (non-hydrogen) atoms. The van der Waals surface area contributed by atoms with Gasteiger partial charge in [0, 0.05) is 16.9 Å². The van der Waals surface area contributed by atoms with Gasteiger partial charge in [0.25, 0.3) is 5.82 Å². The first-order chi connectivity index (χ1) is 7.78. The van der Waals surface area contributed by atoms with Gasteiger partial charge in [-0.3, -0.25) is 0 Å². The lowest BCUT2D eigenvalue weighted by Gasteiger charge is -2.30. The summed E-state index contributed by atoms with van der Waals surface area (Å²) in [5.74, 6) is 0.953. The molecule has 80 valence electrons. The summed E-state index contributed by atoms with van der Waals surface area (Å²) in [5.41, 5.74) is 3.41. The Morgan fingerprint density at radius 2 is 2.19 bits per heavy atom. The standard InChI is InChI=1S/C10H8N4O2/c15-14(6-5-11-13-14)10-7-8-3-1-2-4-9(8)16-12-10/h1-7,12H. The Morgan fingerprint density at radius 1 is 1.31 bits per heavy atom. The molecule has 0 radical (unpaired) electrons. The molecule has 0 saturated heterocycles. The van der Waals surface area contributed by atoms with Gasteiger partial charge >= 0.3 is 0 Å². The number of hydrogen-bond acceptors (Lipinski definition) is 5. The predicted molar refractivity (Wildman–Crippen MR) is 55.8 cm³/mol. The summed E-state index contributed by atoms with van der Waals surface area (Å²) in [7, 11) is 0. The molecule has 2 aliphatic heterocycles. The Hall–Kier alpha value is -2.18. The Balaban J connectivity index is 2.04. The fourth-order valence-corrected chi connectivity index (χ4v) is 1.52. The van der Waals surface area contributed by atoms with Gasteiger partial charge in [-0.05, 0) is 6.07 Å². The molecule has 0 amide bonds. The number of nitrogens with one attached hydrogen (secondary N) is 1. The summed E-state index contributed by atoms with van der Waals surface area (Å²) in [5, 5.41) is 19.1. The van der Waals surface area contributed by atoms with E-state index in [1.807, 2.05) is 24.3 Å². The summed E-state index contributed by atoms with van der Waals surface area (Å²) >= 11 is 0. The number of nitrogens with zero attached hydrogens (tertiary/aromatic N) is 3. The van der Waals surface area contributed by atoms with Gasteiger partial charge in [0.1, 0.15) is 6.20 Å². The van der Waals surface area contributed by atoms with Gasteiger partial charge in [0.15, 0.2) is 11.9 Å². The summed E-state index contributed by atoms with van der Waals surface area (Å²) in [6.07, 6.45) is 4.37. The molecule has 0 spiro atoms. The SMILES string of the molecule is [O-][N+]1(C2=Cc3ccccc3ON2)C=CN=N1. The maximum absolute atomic E-state index is 12.0. The fraction of sp³-hybridized carbons (Fsp3) is 0. The lowest BCUT2D eigenvalue weighted by atomic mass is 10.2. The fourth-order valence-electron chi connectivity index (χ4n) is 1.52. The molecule has 0 saturated carbocycles. The van der Waals surface area contributed by atoms with E-state index in [-0.39, 0.29) is 5.82 Å². The van der Waals surface area contributed by atoms with E-state index in [1.165, 1.54) is 12.4 Å². The second-order valence-electron chi connectivity index (χ2n) is 3.40. The normalized spacial score (nSPS) is 25.7. The summed E-state index contributed by atoms with van der Waals surface area (Å²) < 4.78 is -1.01. The highest BCUT2D eigenvalue weighted by molar-refractivity contribution is 5.59. The minimum Gasteiger partial charge on any atom is -0.592 e. The van der Waals surface area contributed by atoms with E-state index in [0.717, 1.165) is 5.56 Å².